The second-order valence-corrected chi connectivity index (χ2v) is 11.3. The molecule has 0 amide bonds. The summed E-state index contributed by atoms with van der Waals surface area (Å²) in [5, 5.41) is 11.9. The Balaban J connectivity index is 1.71. The number of carbonyl (C=O) groups is 3. The predicted octanol–water partition coefficient (Wildman–Crippen LogP) is 7.02. The third kappa shape index (κ3) is 3.92. The Kier molecular flexibility index (Phi) is 5.66. The summed E-state index contributed by atoms with van der Waals surface area (Å²) in [5.74, 6) is -1.99. The molecule has 194 valence electrons. The average Bonchev–Trinajstić information content (AvgIpc) is 3.35. The zero-order valence-electron chi connectivity index (χ0n) is 21.2. The highest BCUT2D eigenvalue weighted by Crippen LogP contribution is 2.48. The number of ketones is 3. The van der Waals surface area contributed by atoms with Crippen molar-refractivity contribution in [2.24, 2.45) is 5.41 Å². The Morgan fingerprint density at radius 3 is 2.03 bits per heavy atom. The van der Waals surface area contributed by atoms with Crippen molar-refractivity contribution in [2.75, 3.05) is 0 Å². The summed E-state index contributed by atoms with van der Waals surface area (Å²) in [6.07, 6.45) is 0.771. The Bertz CT molecular complexity index is 1680. The topological polar surface area (TPSA) is 99.3 Å². The molecule has 0 bridgehead atoms. The monoisotopic (exact) mass is 538 g/mol. The molecule has 0 radical (unpaired) electrons. The van der Waals surface area contributed by atoms with E-state index in [0.717, 1.165) is 0 Å². The molecule has 4 aromatic rings. The Morgan fingerprint density at radius 1 is 0.872 bits per heavy atom. The van der Waals surface area contributed by atoms with Crippen molar-refractivity contribution in [2.45, 2.75) is 32.6 Å². The van der Waals surface area contributed by atoms with E-state index >= 15 is 0 Å². The maximum Gasteiger partial charge on any atom is 0.269 e. The normalized spacial score (nSPS) is 16.3. The molecule has 7 nitrogen and oxygen atoms in total. The van der Waals surface area contributed by atoms with Gasteiger partial charge in [0.15, 0.2) is 17.3 Å². The van der Waals surface area contributed by atoms with E-state index in [-0.39, 0.29) is 34.9 Å². The maximum absolute atomic E-state index is 13.8. The molecule has 3 aromatic carbocycles. The van der Waals surface area contributed by atoms with Crippen molar-refractivity contribution in [1.29, 1.82) is 0 Å². The van der Waals surface area contributed by atoms with Crippen molar-refractivity contribution >= 4 is 34.6 Å². The molecule has 1 heterocycles. The minimum Gasteiger partial charge on any atom is -0.313 e. The number of fused-ring (bicyclic) bond motifs is 2. The summed E-state index contributed by atoms with van der Waals surface area (Å²) in [7, 11) is 0. The van der Waals surface area contributed by atoms with Crippen molar-refractivity contribution in [3.05, 3.63) is 116 Å². The van der Waals surface area contributed by atoms with Gasteiger partial charge in [0, 0.05) is 57.2 Å². The zero-order chi connectivity index (χ0) is 27.6. The SMILES string of the molecule is CC1(C)CC(=O)c2c(C3C(=O)c4ccccc4C3=O)c(-c3ccc(Cl)cc3)n(-c3ccc([N+](=O)[O-])cc3)c2C1. The molecule has 0 saturated carbocycles. The number of carbonyl (C=O) groups excluding carboxylic acids is 3. The number of Topliss-reactive ketones (excluding diaryl/α,β-unsaturated/α-hetero) is 3. The van der Waals surface area contributed by atoms with Gasteiger partial charge in [0.05, 0.1) is 10.6 Å². The Hall–Kier alpha value is -4.36. The first-order valence-corrected chi connectivity index (χ1v) is 12.9. The third-order valence-electron chi connectivity index (χ3n) is 7.58. The highest BCUT2D eigenvalue weighted by molar-refractivity contribution is 6.31. The first kappa shape index (κ1) is 24.9. The number of benzene rings is 3. The van der Waals surface area contributed by atoms with Crippen molar-refractivity contribution in [1.82, 2.24) is 4.57 Å². The molecular formula is C31H23ClN2O5. The molecule has 0 saturated heterocycles. The van der Waals surface area contributed by atoms with E-state index in [9.17, 15) is 24.5 Å². The van der Waals surface area contributed by atoms with Gasteiger partial charge in [0.2, 0.25) is 0 Å². The second-order valence-electron chi connectivity index (χ2n) is 10.8. The zero-order valence-corrected chi connectivity index (χ0v) is 22.0. The second kappa shape index (κ2) is 8.85. The average molecular weight is 539 g/mol. The van der Waals surface area contributed by atoms with Gasteiger partial charge in [-0.1, -0.05) is 61.8 Å². The van der Waals surface area contributed by atoms with Gasteiger partial charge < -0.3 is 4.57 Å². The lowest BCUT2D eigenvalue weighted by atomic mass is 9.74. The molecule has 6 rings (SSSR count). The minimum atomic E-state index is -1.17. The molecule has 0 unspecified atom stereocenters. The number of nitro benzene ring substituents is 1. The Labute approximate surface area is 229 Å². The van der Waals surface area contributed by atoms with Gasteiger partial charge in [-0.25, -0.2) is 0 Å². The number of non-ortho nitro benzene ring substituents is 1. The lowest BCUT2D eigenvalue weighted by Gasteiger charge is -2.30. The van der Waals surface area contributed by atoms with Gasteiger partial charge in [0.25, 0.3) is 5.69 Å². The number of hydrogen-bond donors (Lipinski definition) is 0. The van der Waals surface area contributed by atoms with Crippen molar-refractivity contribution in [3.8, 4) is 16.9 Å². The molecular weight excluding hydrogens is 516 g/mol. The maximum atomic E-state index is 13.8. The highest BCUT2D eigenvalue weighted by atomic mass is 35.5. The molecule has 0 spiro atoms. The molecule has 8 heteroatoms. The predicted molar refractivity (Wildman–Crippen MR) is 147 cm³/mol. The van der Waals surface area contributed by atoms with Gasteiger partial charge in [-0.3, -0.25) is 24.5 Å². The number of nitrogens with zero attached hydrogens (tertiary/aromatic N) is 2. The number of hydrogen-bond acceptors (Lipinski definition) is 5. The third-order valence-corrected chi connectivity index (χ3v) is 7.83. The molecule has 0 atom stereocenters. The van der Waals surface area contributed by atoms with Crippen LogP contribution in [0.4, 0.5) is 5.69 Å². The quantitative estimate of drug-likeness (QED) is 0.158. The van der Waals surface area contributed by atoms with Crippen LogP contribution in [0.2, 0.25) is 5.02 Å². The molecule has 0 N–H and O–H groups in total. The number of rotatable bonds is 4. The van der Waals surface area contributed by atoms with Crippen LogP contribution in [-0.2, 0) is 6.42 Å². The van der Waals surface area contributed by atoms with Crippen LogP contribution in [-0.4, -0.2) is 26.8 Å². The fourth-order valence-electron chi connectivity index (χ4n) is 5.95. The molecule has 2 aliphatic rings. The van der Waals surface area contributed by atoms with Gasteiger partial charge in [-0.2, -0.15) is 0 Å². The van der Waals surface area contributed by atoms with Gasteiger partial charge in [-0.05, 0) is 41.7 Å². The van der Waals surface area contributed by atoms with Gasteiger partial charge >= 0.3 is 0 Å². The summed E-state index contributed by atoms with van der Waals surface area (Å²) >= 11 is 6.21. The van der Waals surface area contributed by atoms with Crippen LogP contribution in [0.15, 0.2) is 72.8 Å². The van der Waals surface area contributed by atoms with E-state index in [1.807, 2.05) is 18.4 Å². The lowest BCUT2D eigenvalue weighted by Crippen LogP contribution is -2.29. The smallest absolute Gasteiger partial charge is 0.269 e. The molecule has 1 aromatic heterocycles. The van der Waals surface area contributed by atoms with Crippen LogP contribution in [0.1, 0.15) is 68.5 Å². The lowest BCUT2D eigenvalue weighted by molar-refractivity contribution is -0.384. The van der Waals surface area contributed by atoms with Crippen molar-refractivity contribution in [3.63, 3.8) is 0 Å². The van der Waals surface area contributed by atoms with Gasteiger partial charge in [-0.15, -0.1) is 0 Å². The fraction of sp³-hybridized carbons (Fsp3) is 0.194. The standard InChI is InChI=1S/C31H23ClN2O5/c1-31(2)15-23-25(24(35)16-31)26(27-29(36)21-5-3-4-6-22(21)30(27)37)28(17-7-9-18(32)10-8-17)33(23)19-11-13-20(14-12-19)34(38)39/h3-14,27H,15-16H2,1-2H3. The first-order valence-electron chi connectivity index (χ1n) is 12.6. The molecule has 2 aliphatic carbocycles. The fourth-order valence-corrected chi connectivity index (χ4v) is 6.07. The summed E-state index contributed by atoms with van der Waals surface area (Å²) in [5.41, 5.74) is 3.50. The first-order chi connectivity index (χ1) is 18.6. The molecule has 0 aliphatic heterocycles. The highest BCUT2D eigenvalue weighted by Gasteiger charge is 2.47. The van der Waals surface area contributed by atoms with E-state index in [2.05, 4.69) is 0 Å². The largest absolute Gasteiger partial charge is 0.313 e. The van der Waals surface area contributed by atoms with Crippen LogP contribution in [0, 0.1) is 15.5 Å². The molecule has 39 heavy (non-hydrogen) atoms. The Morgan fingerprint density at radius 2 is 1.46 bits per heavy atom. The van der Waals surface area contributed by atoms with E-state index < -0.39 is 10.8 Å². The van der Waals surface area contributed by atoms with Crippen LogP contribution in [0.5, 0.6) is 0 Å². The van der Waals surface area contributed by atoms with E-state index in [1.54, 1.807) is 60.7 Å². The van der Waals surface area contributed by atoms with E-state index in [1.165, 1.54) is 12.1 Å². The summed E-state index contributed by atoms with van der Waals surface area (Å²) in [6.45, 7) is 4.01. The minimum absolute atomic E-state index is 0.0685. The van der Waals surface area contributed by atoms with Crippen LogP contribution < -0.4 is 0 Å². The van der Waals surface area contributed by atoms with Crippen LogP contribution in [0.3, 0.4) is 0 Å². The van der Waals surface area contributed by atoms with Gasteiger partial charge in [0.1, 0.15) is 5.92 Å². The van der Waals surface area contributed by atoms with E-state index in [4.69, 9.17) is 11.6 Å². The number of aromatic nitrogens is 1. The van der Waals surface area contributed by atoms with E-state index in [0.29, 0.717) is 56.3 Å². The summed E-state index contributed by atoms with van der Waals surface area (Å²) < 4.78 is 1.89. The number of nitro groups is 1. The van der Waals surface area contributed by atoms with Crippen LogP contribution >= 0.6 is 11.6 Å². The molecule has 0 fully saturated rings. The van der Waals surface area contributed by atoms with Crippen LogP contribution in [0.25, 0.3) is 16.9 Å². The van der Waals surface area contributed by atoms with Crippen molar-refractivity contribution < 1.29 is 19.3 Å². The summed E-state index contributed by atoms with van der Waals surface area (Å²) in [6, 6.07) is 19.8. The summed E-state index contributed by atoms with van der Waals surface area (Å²) in [4.78, 5) is 52.3. The number of halogens is 1.